The van der Waals surface area contributed by atoms with E-state index in [1.54, 1.807) is 55.9 Å². The van der Waals surface area contributed by atoms with Crippen LogP contribution in [0.1, 0.15) is 24.2 Å². The average molecular weight is 285 g/mol. The van der Waals surface area contributed by atoms with Crippen molar-refractivity contribution >= 4 is 5.78 Å². The van der Waals surface area contributed by atoms with Gasteiger partial charge in [0, 0.05) is 18.0 Å². The summed E-state index contributed by atoms with van der Waals surface area (Å²) in [4.78, 5) is 16.5. The highest BCUT2D eigenvalue weighted by Crippen LogP contribution is 2.22. The molecule has 0 N–H and O–H groups in total. The summed E-state index contributed by atoms with van der Waals surface area (Å²) in [7, 11) is 1.61. The van der Waals surface area contributed by atoms with Gasteiger partial charge in [0.05, 0.1) is 7.11 Å². The van der Waals surface area contributed by atoms with Crippen molar-refractivity contribution in [1.82, 2.24) is 4.98 Å². The van der Waals surface area contributed by atoms with Gasteiger partial charge in [0.2, 0.25) is 5.78 Å². The van der Waals surface area contributed by atoms with Crippen LogP contribution in [0.4, 0.5) is 0 Å². The molecule has 0 saturated heterocycles. The van der Waals surface area contributed by atoms with Gasteiger partial charge < -0.3 is 9.47 Å². The highest BCUT2D eigenvalue weighted by molar-refractivity contribution is 5.99. The van der Waals surface area contributed by atoms with E-state index in [4.69, 9.17) is 9.47 Å². The first-order chi connectivity index (χ1) is 10.1. The molecule has 1 unspecified atom stereocenters. The van der Waals surface area contributed by atoms with Crippen LogP contribution >= 0.6 is 0 Å². The largest absolute Gasteiger partial charge is 0.497 e. The lowest BCUT2D eigenvalue weighted by Crippen LogP contribution is -2.32. The number of hydrogen-bond acceptors (Lipinski definition) is 4. The van der Waals surface area contributed by atoms with Gasteiger partial charge >= 0.3 is 0 Å². The van der Waals surface area contributed by atoms with Crippen molar-refractivity contribution in [3.8, 4) is 11.5 Å². The number of aromatic nitrogens is 1. The molecule has 0 bridgehead atoms. The SMILES string of the molecule is COc1ccc(OC(C(=O)c2cccnc2)C(C)C)cc1. The third-order valence-electron chi connectivity index (χ3n) is 3.13. The van der Waals surface area contributed by atoms with E-state index in [9.17, 15) is 4.79 Å². The predicted octanol–water partition coefficient (Wildman–Crippen LogP) is 3.38. The monoisotopic (exact) mass is 285 g/mol. The maximum Gasteiger partial charge on any atom is 0.205 e. The zero-order chi connectivity index (χ0) is 15.2. The summed E-state index contributed by atoms with van der Waals surface area (Å²) >= 11 is 0. The van der Waals surface area contributed by atoms with Gasteiger partial charge in [0.15, 0.2) is 6.10 Å². The lowest BCUT2D eigenvalue weighted by molar-refractivity contribution is 0.0711. The molecule has 1 aromatic heterocycles. The molecule has 0 aliphatic rings. The van der Waals surface area contributed by atoms with E-state index < -0.39 is 6.10 Å². The smallest absolute Gasteiger partial charge is 0.205 e. The number of pyridine rings is 1. The molecule has 0 saturated carbocycles. The second kappa shape index (κ2) is 6.88. The molecule has 0 aliphatic heterocycles. The zero-order valence-electron chi connectivity index (χ0n) is 12.4. The molecule has 0 radical (unpaired) electrons. The molecule has 0 fully saturated rings. The fourth-order valence-electron chi connectivity index (χ4n) is 1.97. The minimum absolute atomic E-state index is 0.0554. The van der Waals surface area contributed by atoms with Crippen molar-refractivity contribution in [2.75, 3.05) is 7.11 Å². The van der Waals surface area contributed by atoms with Crippen LogP contribution in [0, 0.1) is 5.92 Å². The van der Waals surface area contributed by atoms with E-state index in [0.717, 1.165) is 5.75 Å². The van der Waals surface area contributed by atoms with E-state index in [1.807, 2.05) is 13.8 Å². The molecule has 2 rings (SSSR count). The second-order valence-electron chi connectivity index (χ2n) is 5.06. The van der Waals surface area contributed by atoms with Crippen molar-refractivity contribution in [3.05, 3.63) is 54.4 Å². The van der Waals surface area contributed by atoms with Crippen molar-refractivity contribution in [2.45, 2.75) is 20.0 Å². The Kier molecular flexibility index (Phi) is 4.93. The van der Waals surface area contributed by atoms with Crippen molar-refractivity contribution < 1.29 is 14.3 Å². The van der Waals surface area contributed by atoms with Gasteiger partial charge in [-0.1, -0.05) is 13.8 Å². The first-order valence-electron chi connectivity index (χ1n) is 6.86. The van der Waals surface area contributed by atoms with Crippen LogP contribution in [0.25, 0.3) is 0 Å². The topological polar surface area (TPSA) is 48.4 Å². The highest BCUT2D eigenvalue weighted by atomic mass is 16.5. The van der Waals surface area contributed by atoms with Crippen LogP contribution in [0.3, 0.4) is 0 Å². The molecule has 4 heteroatoms. The number of nitrogens with zero attached hydrogens (tertiary/aromatic N) is 1. The number of rotatable bonds is 6. The average Bonchev–Trinajstić information content (AvgIpc) is 2.53. The quantitative estimate of drug-likeness (QED) is 0.763. The zero-order valence-corrected chi connectivity index (χ0v) is 12.4. The van der Waals surface area contributed by atoms with Crippen molar-refractivity contribution in [1.29, 1.82) is 0 Å². The minimum Gasteiger partial charge on any atom is -0.497 e. The third-order valence-corrected chi connectivity index (χ3v) is 3.13. The first kappa shape index (κ1) is 15.0. The Morgan fingerprint density at radius 3 is 2.29 bits per heavy atom. The number of carbonyl (C=O) groups is 1. The van der Waals surface area contributed by atoms with Crippen LogP contribution in [0.5, 0.6) is 11.5 Å². The number of benzene rings is 1. The van der Waals surface area contributed by atoms with Gasteiger partial charge in [0.25, 0.3) is 0 Å². The molecule has 1 heterocycles. The van der Waals surface area contributed by atoms with E-state index in [1.165, 1.54) is 0 Å². The molecule has 1 atom stereocenters. The van der Waals surface area contributed by atoms with Crippen molar-refractivity contribution in [2.24, 2.45) is 5.92 Å². The molecule has 0 aliphatic carbocycles. The predicted molar refractivity (Wildman–Crippen MR) is 80.8 cm³/mol. The van der Waals surface area contributed by atoms with Crippen molar-refractivity contribution in [3.63, 3.8) is 0 Å². The summed E-state index contributed by atoms with van der Waals surface area (Å²) in [6, 6.07) is 10.7. The minimum atomic E-state index is -0.539. The van der Waals surface area contributed by atoms with Crippen LogP contribution < -0.4 is 9.47 Å². The van der Waals surface area contributed by atoms with E-state index in [0.29, 0.717) is 11.3 Å². The van der Waals surface area contributed by atoms with Crippen LogP contribution in [0.2, 0.25) is 0 Å². The summed E-state index contributed by atoms with van der Waals surface area (Å²) in [5.74, 6) is 1.39. The number of carbonyl (C=O) groups excluding carboxylic acids is 1. The molecule has 0 spiro atoms. The third kappa shape index (κ3) is 3.81. The second-order valence-corrected chi connectivity index (χ2v) is 5.06. The van der Waals surface area contributed by atoms with Gasteiger partial charge in [-0.05, 0) is 42.3 Å². The van der Waals surface area contributed by atoms with Crippen LogP contribution in [-0.2, 0) is 0 Å². The molecular formula is C17H19NO3. The Morgan fingerprint density at radius 1 is 1.10 bits per heavy atom. The Balaban J connectivity index is 2.17. The fraction of sp³-hybridized carbons (Fsp3) is 0.294. The molecule has 1 aromatic carbocycles. The number of ketones is 1. The molecule has 2 aromatic rings. The summed E-state index contributed by atoms with van der Waals surface area (Å²) in [6.07, 6.45) is 2.67. The van der Waals surface area contributed by atoms with E-state index in [2.05, 4.69) is 4.98 Å². The lowest BCUT2D eigenvalue weighted by atomic mass is 9.98. The standard InChI is InChI=1S/C17H19NO3/c1-12(2)17(16(19)13-5-4-10-18-11-13)21-15-8-6-14(20-3)7-9-15/h4-12,17H,1-3H3. The van der Waals surface area contributed by atoms with Gasteiger partial charge in [-0.25, -0.2) is 0 Å². The summed E-state index contributed by atoms with van der Waals surface area (Å²) in [6.45, 7) is 3.92. The molecular weight excluding hydrogens is 266 g/mol. The van der Waals surface area contributed by atoms with Gasteiger partial charge in [-0.2, -0.15) is 0 Å². The van der Waals surface area contributed by atoms with Crippen LogP contribution in [-0.4, -0.2) is 24.0 Å². The lowest BCUT2D eigenvalue weighted by Gasteiger charge is -2.21. The van der Waals surface area contributed by atoms with E-state index in [-0.39, 0.29) is 11.7 Å². The summed E-state index contributed by atoms with van der Waals surface area (Å²) < 4.78 is 11.0. The molecule has 0 amide bonds. The summed E-state index contributed by atoms with van der Waals surface area (Å²) in [5.41, 5.74) is 0.560. The maximum absolute atomic E-state index is 12.5. The number of Topliss-reactive ketones (excluding diaryl/α,β-unsaturated/α-hetero) is 1. The Labute approximate surface area is 124 Å². The molecule has 110 valence electrons. The number of hydrogen-bond donors (Lipinski definition) is 0. The number of ether oxygens (including phenoxy) is 2. The first-order valence-corrected chi connectivity index (χ1v) is 6.86. The molecule has 21 heavy (non-hydrogen) atoms. The number of methoxy groups -OCH3 is 1. The van der Waals surface area contributed by atoms with Gasteiger partial charge in [-0.3, -0.25) is 9.78 Å². The maximum atomic E-state index is 12.5. The highest BCUT2D eigenvalue weighted by Gasteiger charge is 2.25. The normalized spacial score (nSPS) is 12.0. The Morgan fingerprint density at radius 2 is 1.76 bits per heavy atom. The van der Waals surface area contributed by atoms with Gasteiger partial charge in [0.1, 0.15) is 11.5 Å². The molecule has 4 nitrogen and oxygen atoms in total. The van der Waals surface area contributed by atoms with E-state index >= 15 is 0 Å². The van der Waals surface area contributed by atoms with Gasteiger partial charge in [-0.15, -0.1) is 0 Å². The Bertz CT molecular complexity index is 579. The Hall–Kier alpha value is -2.36. The summed E-state index contributed by atoms with van der Waals surface area (Å²) in [5, 5.41) is 0. The van der Waals surface area contributed by atoms with Crippen LogP contribution in [0.15, 0.2) is 48.8 Å². The fourth-order valence-corrected chi connectivity index (χ4v) is 1.97.